The highest BCUT2D eigenvalue weighted by Gasteiger charge is 2.24. The van der Waals surface area contributed by atoms with Gasteiger partial charge < -0.3 is 9.69 Å². The summed E-state index contributed by atoms with van der Waals surface area (Å²) in [6, 6.07) is 15.9. The lowest BCUT2D eigenvalue weighted by molar-refractivity contribution is -0.108. The van der Waals surface area contributed by atoms with E-state index in [1.54, 1.807) is 0 Å². The van der Waals surface area contributed by atoms with Crippen LogP contribution in [0.2, 0.25) is 0 Å². The second-order valence-electron chi connectivity index (χ2n) is 6.66. The second kappa shape index (κ2) is 6.99. The van der Waals surface area contributed by atoms with E-state index in [4.69, 9.17) is 0 Å². The van der Waals surface area contributed by atoms with E-state index in [9.17, 15) is 4.79 Å². The average Bonchev–Trinajstić information content (AvgIpc) is 2.99. The van der Waals surface area contributed by atoms with E-state index in [2.05, 4.69) is 61.2 Å². The van der Waals surface area contributed by atoms with E-state index in [-0.39, 0.29) is 0 Å². The predicted molar refractivity (Wildman–Crippen MR) is 96.2 cm³/mol. The topological polar surface area (TPSA) is 20.3 Å². The smallest absolute Gasteiger partial charge is 0.122 e. The summed E-state index contributed by atoms with van der Waals surface area (Å²) in [6.45, 7) is 5.39. The van der Waals surface area contributed by atoms with Gasteiger partial charge in [-0.3, -0.25) is 0 Å². The van der Waals surface area contributed by atoms with Gasteiger partial charge in [0.05, 0.1) is 0 Å². The van der Waals surface area contributed by atoms with Crippen LogP contribution in [-0.4, -0.2) is 18.9 Å². The van der Waals surface area contributed by atoms with E-state index >= 15 is 0 Å². The van der Waals surface area contributed by atoms with Crippen molar-refractivity contribution in [1.29, 1.82) is 0 Å². The third-order valence-electron chi connectivity index (χ3n) is 4.91. The van der Waals surface area contributed by atoms with Crippen LogP contribution in [0.4, 0.5) is 5.69 Å². The van der Waals surface area contributed by atoms with Gasteiger partial charge in [0.2, 0.25) is 0 Å². The Labute approximate surface area is 139 Å². The number of carbonyl (C=O) groups excluding carboxylic acids is 1. The van der Waals surface area contributed by atoms with Gasteiger partial charge in [0.1, 0.15) is 6.29 Å². The summed E-state index contributed by atoms with van der Waals surface area (Å²) in [5.41, 5.74) is 6.66. The highest BCUT2D eigenvalue weighted by Crippen LogP contribution is 2.27. The molecular formula is C21H25NO. The molecule has 0 N–H and O–H groups in total. The Hall–Kier alpha value is -2.09. The van der Waals surface area contributed by atoms with Gasteiger partial charge in [0, 0.05) is 24.7 Å². The summed E-state index contributed by atoms with van der Waals surface area (Å²) >= 11 is 0. The maximum atomic E-state index is 10.8. The molecule has 1 aliphatic heterocycles. The number of benzene rings is 2. The van der Waals surface area contributed by atoms with E-state index in [0.717, 1.165) is 25.7 Å². The minimum atomic E-state index is 0.387. The lowest BCUT2D eigenvalue weighted by Gasteiger charge is -2.25. The quantitative estimate of drug-likeness (QED) is 0.761. The molecule has 3 rings (SSSR count). The molecule has 1 unspecified atom stereocenters. The fourth-order valence-electron chi connectivity index (χ4n) is 3.60. The monoisotopic (exact) mass is 307 g/mol. The predicted octanol–water partition coefficient (Wildman–Crippen LogP) is 4.45. The molecule has 0 bridgehead atoms. The molecule has 1 fully saturated rings. The zero-order chi connectivity index (χ0) is 16.2. The van der Waals surface area contributed by atoms with Crippen LogP contribution in [0.1, 0.15) is 41.5 Å². The molecule has 1 atom stereocenters. The molecule has 2 aromatic rings. The number of carbonyl (C=O) groups is 1. The Bertz CT molecular complexity index is 675. The first-order valence-electron chi connectivity index (χ1n) is 8.52. The molecule has 2 aromatic carbocycles. The average molecular weight is 307 g/mol. The molecule has 2 heteroatoms. The third kappa shape index (κ3) is 3.64. The molecule has 0 aliphatic carbocycles. The first-order valence-corrected chi connectivity index (χ1v) is 8.52. The molecule has 2 nitrogen and oxygen atoms in total. The highest BCUT2D eigenvalue weighted by molar-refractivity contribution is 5.56. The maximum absolute atomic E-state index is 10.8. The fraction of sp³-hybridized carbons (Fsp3) is 0.381. The van der Waals surface area contributed by atoms with Crippen molar-refractivity contribution in [2.45, 2.75) is 45.6 Å². The van der Waals surface area contributed by atoms with E-state index in [1.807, 2.05) is 0 Å². The van der Waals surface area contributed by atoms with Crippen LogP contribution >= 0.6 is 0 Å². The molecule has 0 saturated carbocycles. The standard InChI is InChI=1S/C21H25NO/c1-16-5-8-19(17(2)14-16)15-18-6-9-21(10-7-18)22-12-3-4-20(22)11-13-23/h5-10,13-14,20H,3-4,11-12,15H2,1-2H3. The van der Waals surface area contributed by atoms with Gasteiger partial charge in [0.25, 0.3) is 0 Å². The molecular weight excluding hydrogens is 282 g/mol. The largest absolute Gasteiger partial charge is 0.368 e. The lowest BCUT2D eigenvalue weighted by Crippen LogP contribution is -2.29. The van der Waals surface area contributed by atoms with Crippen molar-refractivity contribution in [3.63, 3.8) is 0 Å². The molecule has 0 aromatic heterocycles. The molecule has 0 spiro atoms. The Morgan fingerprint density at radius 3 is 2.61 bits per heavy atom. The van der Waals surface area contributed by atoms with Crippen molar-refractivity contribution < 1.29 is 4.79 Å². The summed E-state index contributed by atoms with van der Waals surface area (Å²) in [6.07, 6.45) is 4.98. The van der Waals surface area contributed by atoms with Crippen molar-refractivity contribution in [1.82, 2.24) is 0 Å². The fourth-order valence-corrected chi connectivity index (χ4v) is 3.60. The third-order valence-corrected chi connectivity index (χ3v) is 4.91. The van der Waals surface area contributed by atoms with Gasteiger partial charge in [-0.25, -0.2) is 0 Å². The minimum Gasteiger partial charge on any atom is -0.368 e. The van der Waals surface area contributed by atoms with Crippen LogP contribution in [0.25, 0.3) is 0 Å². The van der Waals surface area contributed by atoms with Crippen LogP contribution < -0.4 is 4.90 Å². The van der Waals surface area contributed by atoms with Crippen molar-refractivity contribution in [3.8, 4) is 0 Å². The van der Waals surface area contributed by atoms with E-state index in [1.165, 1.54) is 34.4 Å². The van der Waals surface area contributed by atoms with Gasteiger partial charge >= 0.3 is 0 Å². The molecule has 23 heavy (non-hydrogen) atoms. The molecule has 120 valence electrons. The van der Waals surface area contributed by atoms with Crippen molar-refractivity contribution >= 4 is 12.0 Å². The number of rotatable bonds is 5. The van der Waals surface area contributed by atoms with Gasteiger partial charge in [-0.05, 0) is 61.9 Å². The number of aldehydes is 1. The Morgan fingerprint density at radius 1 is 1.13 bits per heavy atom. The van der Waals surface area contributed by atoms with Crippen LogP contribution in [0.3, 0.4) is 0 Å². The number of aryl methyl sites for hydroxylation is 2. The van der Waals surface area contributed by atoms with Crippen LogP contribution in [-0.2, 0) is 11.2 Å². The van der Waals surface area contributed by atoms with Gasteiger partial charge in [0.15, 0.2) is 0 Å². The zero-order valence-electron chi connectivity index (χ0n) is 14.1. The van der Waals surface area contributed by atoms with Crippen molar-refractivity contribution in [3.05, 3.63) is 64.7 Å². The molecule has 1 saturated heterocycles. The van der Waals surface area contributed by atoms with Crippen LogP contribution in [0.5, 0.6) is 0 Å². The summed E-state index contributed by atoms with van der Waals surface area (Å²) < 4.78 is 0. The molecule has 1 aliphatic rings. The highest BCUT2D eigenvalue weighted by atomic mass is 16.1. The Kier molecular flexibility index (Phi) is 4.80. The maximum Gasteiger partial charge on any atom is 0.122 e. The zero-order valence-corrected chi connectivity index (χ0v) is 14.1. The van der Waals surface area contributed by atoms with Gasteiger partial charge in [-0.15, -0.1) is 0 Å². The van der Waals surface area contributed by atoms with E-state index in [0.29, 0.717) is 12.5 Å². The molecule has 0 radical (unpaired) electrons. The summed E-state index contributed by atoms with van der Waals surface area (Å²) in [5.74, 6) is 0. The number of nitrogens with zero attached hydrogens (tertiary/aromatic N) is 1. The van der Waals surface area contributed by atoms with Gasteiger partial charge in [-0.1, -0.05) is 35.9 Å². The Morgan fingerprint density at radius 2 is 1.91 bits per heavy atom. The van der Waals surface area contributed by atoms with Gasteiger partial charge in [-0.2, -0.15) is 0 Å². The van der Waals surface area contributed by atoms with Crippen LogP contribution in [0.15, 0.2) is 42.5 Å². The van der Waals surface area contributed by atoms with Crippen molar-refractivity contribution in [2.24, 2.45) is 0 Å². The Balaban J connectivity index is 1.73. The minimum absolute atomic E-state index is 0.387. The summed E-state index contributed by atoms with van der Waals surface area (Å²) in [7, 11) is 0. The number of hydrogen-bond donors (Lipinski definition) is 0. The molecule has 0 amide bonds. The van der Waals surface area contributed by atoms with E-state index < -0.39 is 0 Å². The second-order valence-corrected chi connectivity index (χ2v) is 6.66. The number of hydrogen-bond acceptors (Lipinski definition) is 2. The molecule has 1 heterocycles. The lowest BCUT2D eigenvalue weighted by atomic mass is 9.98. The SMILES string of the molecule is Cc1ccc(Cc2ccc(N3CCCC3CC=O)cc2)c(C)c1. The normalized spacial score (nSPS) is 17.5. The number of anilines is 1. The first-order chi connectivity index (χ1) is 11.2. The van der Waals surface area contributed by atoms with Crippen molar-refractivity contribution in [2.75, 3.05) is 11.4 Å². The summed E-state index contributed by atoms with van der Waals surface area (Å²) in [4.78, 5) is 13.2. The summed E-state index contributed by atoms with van der Waals surface area (Å²) in [5, 5.41) is 0. The van der Waals surface area contributed by atoms with Crippen LogP contribution in [0, 0.1) is 13.8 Å². The first kappa shape index (κ1) is 15.8.